The fourth-order valence-corrected chi connectivity index (χ4v) is 1.41. The second-order valence-electron chi connectivity index (χ2n) is 3.09. The van der Waals surface area contributed by atoms with Crippen LogP contribution in [0.25, 0.3) is 0 Å². The molecule has 1 rings (SSSR count). The van der Waals surface area contributed by atoms with Crippen LogP contribution in [-0.2, 0) is 0 Å². The minimum Gasteiger partial charge on any atom is -0.379 e. The smallest absolute Gasteiger partial charge is 0.379 e. The lowest BCUT2D eigenvalue weighted by atomic mass is 10.1. The van der Waals surface area contributed by atoms with Crippen molar-refractivity contribution in [2.24, 2.45) is 0 Å². The molecule has 1 aromatic carbocycles. The Labute approximate surface area is 88.3 Å². The molecule has 0 heterocycles. The maximum Gasteiger partial charge on any atom is 0.418 e. The van der Waals surface area contributed by atoms with Crippen molar-refractivity contribution in [3.8, 4) is 0 Å². The second kappa shape index (κ2) is 3.98. The number of halogens is 5. The molecular weight excluding hydrogens is 236 g/mol. The Balaban J connectivity index is 3.25. The zero-order valence-corrected chi connectivity index (χ0v) is 8.33. The van der Waals surface area contributed by atoms with Crippen LogP contribution in [0.5, 0.6) is 0 Å². The SMILES string of the molecule is Cc1cc(Cl)c(F)c(C(O)C(F)(F)F)c1. The topological polar surface area (TPSA) is 20.2 Å². The number of aliphatic hydroxyl groups excluding tert-OH is 1. The molecule has 0 aromatic heterocycles. The molecule has 6 heteroatoms. The Morgan fingerprint density at radius 3 is 2.33 bits per heavy atom. The largest absolute Gasteiger partial charge is 0.418 e. The molecule has 1 unspecified atom stereocenters. The average Bonchev–Trinajstić information content (AvgIpc) is 2.08. The minimum absolute atomic E-state index is 0.347. The van der Waals surface area contributed by atoms with E-state index in [9.17, 15) is 17.6 Å². The molecule has 0 saturated carbocycles. The van der Waals surface area contributed by atoms with E-state index in [1.165, 1.54) is 13.0 Å². The van der Waals surface area contributed by atoms with Crippen molar-refractivity contribution in [3.63, 3.8) is 0 Å². The molecule has 0 radical (unpaired) electrons. The third kappa shape index (κ3) is 2.60. The van der Waals surface area contributed by atoms with E-state index in [4.69, 9.17) is 16.7 Å². The maximum atomic E-state index is 13.2. The zero-order chi connectivity index (χ0) is 11.8. The van der Waals surface area contributed by atoms with Gasteiger partial charge >= 0.3 is 6.18 Å². The highest BCUT2D eigenvalue weighted by molar-refractivity contribution is 6.30. The molecule has 1 nitrogen and oxygen atoms in total. The highest BCUT2D eigenvalue weighted by Crippen LogP contribution is 2.35. The molecular formula is C9H7ClF4O. The first-order valence-electron chi connectivity index (χ1n) is 3.94. The van der Waals surface area contributed by atoms with Crippen molar-refractivity contribution < 1.29 is 22.7 Å². The molecule has 1 atom stereocenters. The van der Waals surface area contributed by atoms with Crippen molar-refractivity contribution in [2.75, 3.05) is 0 Å². The zero-order valence-electron chi connectivity index (χ0n) is 7.57. The van der Waals surface area contributed by atoms with E-state index in [0.29, 0.717) is 5.56 Å². The highest BCUT2D eigenvalue weighted by atomic mass is 35.5. The van der Waals surface area contributed by atoms with Gasteiger partial charge in [-0.15, -0.1) is 0 Å². The molecule has 1 N–H and O–H groups in total. The Hall–Kier alpha value is -0.810. The second-order valence-corrected chi connectivity index (χ2v) is 3.50. The lowest BCUT2D eigenvalue weighted by Crippen LogP contribution is -2.21. The summed E-state index contributed by atoms with van der Waals surface area (Å²) in [5.74, 6) is -1.24. The summed E-state index contributed by atoms with van der Waals surface area (Å²) in [5, 5.41) is 8.43. The summed E-state index contributed by atoms with van der Waals surface area (Å²) in [6.45, 7) is 1.46. The molecule has 84 valence electrons. The molecule has 0 aliphatic heterocycles. The summed E-state index contributed by atoms with van der Waals surface area (Å²) >= 11 is 5.36. The van der Waals surface area contributed by atoms with Crippen molar-refractivity contribution in [1.82, 2.24) is 0 Å². The van der Waals surface area contributed by atoms with Gasteiger partial charge in [0.2, 0.25) is 0 Å². The monoisotopic (exact) mass is 242 g/mol. The normalized spacial score (nSPS) is 14.1. The highest BCUT2D eigenvalue weighted by Gasteiger charge is 2.41. The third-order valence-corrected chi connectivity index (χ3v) is 2.08. The van der Waals surface area contributed by atoms with E-state index in [0.717, 1.165) is 6.07 Å². The van der Waals surface area contributed by atoms with Gasteiger partial charge in [-0.2, -0.15) is 13.2 Å². The molecule has 0 aliphatic rings. The van der Waals surface area contributed by atoms with Gasteiger partial charge in [0.05, 0.1) is 5.02 Å². The van der Waals surface area contributed by atoms with Crippen LogP contribution in [0.15, 0.2) is 12.1 Å². The van der Waals surface area contributed by atoms with Crippen molar-refractivity contribution in [2.45, 2.75) is 19.2 Å². The molecule has 1 aromatic rings. The summed E-state index contributed by atoms with van der Waals surface area (Å²) in [4.78, 5) is 0. The fourth-order valence-electron chi connectivity index (χ4n) is 1.13. The van der Waals surface area contributed by atoms with Crippen LogP contribution in [-0.4, -0.2) is 11.3 Å². The van der Waals surface area contributed by atoms with Gasteiger partial charge in [0.15, 0.2) is 6.10 Å². The van der Waals surface area contributed by atoms with E-state index < -0.39 is 28.7 Å². The van der Waals surface area contributed by atoms with Crippen LogP contribution in [0.1, 0.15) is 17.2 Å². The lowest BCUT2D eigenvalue weighted by molar-refractivity contribution is -0.207. The van der Waals surface area contributed by atoms with Crippen LogP contribution >= 0.6 is 11.6 Å². The maximum absolute atomic E-state index is 13.2. The molecule has 0 saturated heterocycles. The van der Waals surface area contributed by atoms with Gasteiger partial charge in [0, 0.05) is 5.56 Å². The first-order chi connectivity index (χ1) is 6.73. The molecule has 0 bridgehead atoms. The molecule has 15 heavy (non-hydrogen) atoms. The Bertz CT molecular complexity index is 375. The quantitative estimate of drug-likeness (QED) is 0.749. The number of rotatable bonds is 1. The van der Waals surface area contributed by atoms with Crippen molar-refractivity contribution in [1.29, 1.82) is 0 Å². The number of hydrogen-bond donors (Lipinski definition) is 1. The summed E-state index contributed by atoms with van der Waals surface area (Å²) in [7, 11) is 0. The average molecular weight is 243 g/mol. The first-order valence-corrected chi connectivity index (χ1v) is 4.31. The van der Waals surface area contributed by atoms with Crippen molar-refractivity contribution in [3.05, 3.63) is 34.1 Å². The van der Waals surface area contributed by atoms with Crippen molar-refractivity contribution >= 4 is 11.6 Å². The predicted octanol–water partition coefficient (Wildman–Crippen LogP) is 3.38. The van der Waals surface area contributed by atoms with E-state index in [-0.39, 0.29) is 0 Å². The van der Waals surface area contributed by atoms with Gasteiger partial charge < -0.3 is 5.11 Å². The van der Waals surface area contributed by atoms with E-state index in [1.54, 1.807) is 0 Å². The standard InChI is InChI=1S/C9H7ClF4O/c1-4-2-5(7(11)6(10)3-4)8(15)9(12,13)14/h2-3,8,15H,1H3. The summed E-state index contributed by atoms with van der Waals surface area (Å²) in [6.07, 6.45) is -7.76. The van der Waals surface area contributed by atoms with Gasteiger partial charge in [-0.3, -0.25) is 0 Å². The molecule has 0 fully saturated rings. The van der Waals surface area contributed by atoms with Crippen LogP contribution < -0.4 is 0 Å². The Kier molecular flexibility index (Phi) is 3.25. The van der Waals surface area contributed by atoms with Gasteiger partial charge in [-0.05, 0) is 18.6 Å². The van der Waals surface area contributed by atoms with Crippen LogP contribution in [0, 0.1) is 12.7 Å². The van der Waals surface area contributed by atoms with E-state index >= 15 is 0 Å². The van der Waals surface area contributed by atoms with Gasteiger partial charge in [-0.1, -0.05) is 17.7 Å². The van der Waals surface area contributed by atoms with E-state index in [1.807, 2.05) is 0 Å². The molecule has 0 spiro atoms. The fraction of sp³-hybridized carbons (Fsp3) is 0.333. The Morgan fingerprint density at radius 1 is 1.33 bits per heavy atom. The van der Waals surface area contributed by atoms with Crippen LogP contribution in [0.4, 0.5) is 17.6 Å². The van der Waals surface area contributed by atoms with Crippen LogP contribution in [0.2, 0.25) is 5.02 Å². The summed E-state index contributed by atoms with van der Waals surface area (Å²) < 4.78 is 49.5. The predicted molar refractivity (Wildman–Crippen MR) is 47.2 cm³/mol. The number of aliphatic hydroxyl groups is 1. The number of aryl methyl sites for hydroxylation is 1. The number of benzene rings is 1. The third-order valence-electron chi connectivity index (χ3n) is 1.81. The first kappa shape index (κ1) is 12.3. The molecule has 0 amide bonds. The van der Waals surface area contributed by atoms with Crippen LogP contribution in [0.3, 0.4) is 0 Å². The van der Waals surface area contributed by atoms with E-state index in [2.05, 4.69) is 0 Å². The van der Waals surface area contributed by atoms with Gasteiger partial charge in [-0.25, -0.2) is 4.39 Å². The number of alkyl halides is 3. The Morgan fingerprint density at radius 2 is 1.87 bits per heavy atom. The molecule has 0 aliphatic carbocycles. The lowest BCUT2D eigenvalue weighted by Gasteiger charge is -2.16. The number of hydrogen-bond acceptors (Lipinski definition) is 1. The summed E-state index contributed by atoms with van der Waals surface area (Å²) in [5.41, 5.74) is -0.507. The minimum atomic E-state index is -4.90. The van der Waals surface area contributed by atoms with Gasteiger partial charge in [0.1, 0.15) is 5.82 Å². The summed E-state index contributed by atoms with van der Waals surface area (Å²) in [6, 6.07) is 2.10. The van der Waals surface area contributed by atoms with Gasteiger partial charge in [0.25, 0.3) is 0 Å².